The lowest BCUT2D eigenvalue weighted by atomic mass is 10.0. The van der Waals surface area contributed by atoms with Gasteiger partial charge in [-0.05, 0) is 13.8 Å². The number of aliphatic hydroxyl groups is 1. The molecule has 2 N–H and O–H groups in total. The Hall–Kier alpha value is -3.15. The number of aromatic nitrogens is 2. The number of rotatable bonds is 6. The van der Waals surface area contributed by atoms with Crippen molar-refractivity contribution in [2.24, 2.45) is 4.99 Å². The molecule has 0 aromatic carbocycles. The van der Waals surface area contributed by atoms with Crippen LogP contribution in [0.25, 0.3) is 0 Å². The maximum atomic E-state index is 13.2. The summed E-state index contributed by atoms with van der Waals surface area (Å²) in [6.45, 7) is 4.38. The molecule has 1 aromatic heterocycles. The van der Waals surface area contributed by atoms with Crippen LogP contribution >= 0.6 is 0 Å². The highest BCUT2D eigenvalue weighted by Gasteiger charge is 2.46. The number of methoxy groups -OCH3 is 2. The van der Waals surface area contributed by atoms with E-state index in [-0.39, 0.29) is 18.5 Å². The van der Waals surface area contributed by atoms with Crippen LogP contribution in [0.5, 0.6) is 0 Å². The molecule has 12 nitrogen and oxygen atoms in total. The van der Waals surface area contributed by atoms with Gasteiger partial charge in [-0.15, -0.1) is 0 Å². The second-order valence-corrected chi connectivity index (χ2v) is 7.09. The van der Waals surface area contributed by atoms with Gasteiger partial charge < -0.3 is 29.7 Å². The number of carbonyl (C=O) groups excluding carboxylic acids is 3. The van der Waals surface area contributed by atoms with Crippen LogP contribution in [0.4, 0.5) is 10.7 Å². The van der Waals surface area contributed by atoms with Crippen molar-refractivity contribution in [2.75, 3.05) is 32.7 Å². The Morgan fingerprint density at radius 1 is 1.33 bits per heavy atom. The average molecular weight is 422 g/mol. The van der Waals surface area contributed by atoms with E-state index in [1.807, 2.05) is 23.8 Å². The number of esters is 1. The quantitative estimate of drug-likeness (QED) is 0.561. The molecular weight excluding hydrogens is 396 g/mol. The van der Waals surface area contributed by atoms with Gasteiger partial charge in [-0.25, -0.2) is 14.6 Å². The highest BCUT2D eigenvalue weighted by Crippen LogP contribution is 2.32. The van der Waals surface area contributed by atoms with Crippen LogP contribution in [0.15, 0.2) is 4.99 Å². The number of aliphatic imine (C=N–C) groups is 1. The molecule has 3 rings (SSSR count). The highest BCUT2D eigenvalue weighted by molar-refractivity contribution is 5.93. The Labute approximate surface area is 173 Å². The van der Waals surface area contributed by atoms with E-state index in [0.717, 1.165) is 14.2 Å². The molecule has 12 heteroatoms. The SMILES string of the molecule is CCN1C=NC2C(=O)n3c(nc(C)c3CC(O)C(NC(=O)OC)C(=O)OC)N(C)C21. The van der Waals surface area contributed by atoms with E-state index in [0.29, 0.717) is 23.9 Å². The Balaban J connectivity index is 1.93. The molecule has 0 fully saturated rings. The zero-order chi connectivity index (χ0) is 22.2. The monoisotopic (exact) mass is 422 g/mol. The Bertz CT molecular complexity index is 883. The molecule has 0 saturated heterocycles. The van der Waals surface area contributed by atoms with Crippen LogP contribution < -0.4 is 10.2 Å². The Morgan fingerprint density at radius 2 is 2.03 bits per heavy atom. The fourth-order valence-corrected chi connectivity index (χ4v) is 3.82. The summed E-state index contributed by atoms with van der Waals surface area (Å²) in [5.41, 5.74) is 0.955. The molecule has 164 valence electrons. The molecule has 4 unspecified atom stereocenters. The van der Waals surface area contributed by atoms with Crippen LogP contribution in [0.1, 0.15) is 23.1 Å². The van der Waals surface area contributed by atoms with Gasteiger partial charge in [-0.3, -0.25) is 14.4 Å². The highest BCUT2D eigenvalue weighted by atomic mass is 16.5. The number of aryl methyl sites for hydroxylation is 1. The number of imidazole rings is 1. The van der Waals surface area contributed by atoms with Gasteiger partial charge in [0.15, 0.2) is 12.1 Å². The van der Waals surface area contributed by atoms with Gasteiger partial charge >= 0.3 is 12.1 Å². The van der Waals surface area contributed by atoms with Gasteiger partial charge in [-0.2, -0.15) is 0 Å². The van der Waals surface area contributed by atoms with E-state index in [9.17, 15) is 19.5 Å². The number of hydrogen-bond acceptors (Lipinski definition) is 10. The molecule has 0 radical (unpaired) electrons. The summed E-state index contributed by atoms with van der Waals surface area (Å²) in [4.78, 5) is 49.5. The number of likely N-dealkylation sites (N-methyl/N-ethyl adjacent to an activating group) is 2. The molecule has 30 heavy (non-hydrogen) atoms. The second-order valence-electron chi connectivity index (χ2n) is 7.09. The van der Waals surface area contributed by atoms with Crippen molar-refractivity contribution < 1.29 is 29.0 Å². The van der Waals surface area contributed by atoms with Crippen molar-refractivity contribution in [3.8, 4) is 0 Å². The Kier molecular flexibility index (Phi) is 5.97. The normalized spacial score (nSPS) is 21.7. The van der Waals surface area contributed by atoms with Gasteiger partial charge in [0.1, 0.15) is 6.17 Å². The molecule has 3 heterocycles. The van der Waals surface area contributed by atoms with E-state index in [2.05, 4.69) is 24.8 Å². The van der Waals surface area contributed by atoms with Crippen LogP contribution in [0, 0.1) is 6.92 Å². The summed E-state index contributed by atoms with van der Waals surface area (Å²) < 4.78 is 10.6. The number of fused-ring (bicyclic) bond motifs is 2. The maximum absolute atomic E-state index is 13.2. The van der Waals surface area contributed by atoms with E-state index in [1.165, 1.54) is 4.57 Å². The van der Waals surface area contributed by atoms with E-state index in [1.54, 1.807) is 13.3 Å². The minimum absolute atomic E-state index is 0.124. The molecule has 0 aliphatic carbocycles. The predicted octanol–water partition coefficient (Wildman–Crippen LogP) is -0.859. The fraction of sp³-hybridized carbons (Fsp3) is 0.611. The van der Waals surface area contributed by atoms with Crippen LogP contribution in [0.3, 0.4) is 0 Å². The summed E-state index contributed by atoms with van der Waals surface area (Å²) in [6.07, 6.45) is -1.01. The first-order chi connectivity index (χ1) is 14.2. The van der Waals surface area contributed by atoms with Gasteiger partial charge in [0.2, 0.25) is 5.95 Å². The zero-order valence-electron chi connectivity index (χ0n) is 17.5. The third-order valence-electron chi connectivity index (χ3n) is 5.41. The summed E-state index contributed by atoms with van der Waals surface area (Å²) in [6, 6.07) is -2.01. The zero-order valence-corrected chi connectivity index (χ0v) is 17.5. The third-order valence-corrected chi connectivity index (χ3v) is 5.41. The molecule has 4 atom stereocenters. The van der Waals surface area contributed by atoms with Gasteiger partial charge in [0, 0.05) is 20.0 Å². The van der Waals surface area contributed by atoms with E-state index < -0.39 is 30.3 Å². The van der Waals surface area contributed by atoms with Crippen LogP contribution in [0.2, 0.25) is 0 Å². The fourth-order valence-electron chi connectivity index (χ4n) is 3.82. The molecule has 1 amide bonds. The number of alkyl carbamates (subject to hydrolysis) is 1. The summed E-state index contributed by atoms with van der Waals surface area (Å²) in [5.74, 6) is -0.675. The number of ether oxygens (including phenoxy) is 2. The molecular formula is C18H26N6O6. The van der Waals surface area contributed by atoms with Gasteiger partial charge in [0.05, 0.1) is 38.0 Å². The largest absolute Gasteiger partial charge is 0.467 e. The number of hydrogen-bond donors (Lipinski definition) is 2. The minimum atomic E-state index is -1.38. The standard InChI is InChI=1S/C18H26N6O6/c1-6-23-8-19-13-14(23)22(3)17-20-9(2)10(24(17)15(13)26)7-11(25)12(16(27)29-4)21-18(28)30-5/h8,11-14,25H,6-7H2,1-5H3,(H,21,28). The minimum Gasteiger partial charge on any atom is -0.467 e. The Morgan fingerprint density at radius 3 is 2.63 bits per heavy atom. The molecule has 2 aliphatic rings. The number of anilines is 1. The maximum Gasteiger partial charge on any atom is 0.407 e. The van der Waals surface area contributed by atoms with Crippen molar-refractivity contribution in [3.05, 3.63) is 11.4 Å². The van der Waals surface area contributed by atoms with E-state index in [4.69, 9.17) is 0 Å². The smallest absolute Gasteiger partial charge is 0.407 e. The topological polar surface area (TPSA) is 139 Å². The molecule has 0 saturated carbocycles. The molecule has 0 bridgehead atoms. The van der Waals surface area contributed by atoms with Gasteiger partial charge in [0.25, 0.3) is 5.91 Å². The molecule has 2 aliphatic heterocycles. The lowest BCUT2D eigenvalue weighted by molar-refractivity contribution is -0.146. The third kappa shape index (κ3) is 3.47. The summed E-state index contributed by atoms with van der Waals surface area (Å²) in [5, 5.41) is 13.0. The van der Waals surface area contributed by atoms with Crippen LogP contribution in [-0.4, -0.2) is 96.0 Å². The van der Waals surface area contributed by atoms with E-state index >= 15 is 0 Å². The summed E-state index contributed by atoms with van der Waals surface area (Å²) >= 11 is 0. The lowest BCUT2D eigenvalue weighted by Crippen LogP contribution is -2.57. The first-order valence-corrected chi connectivity index (χ1v) is 9.49. The number of aliphatic hydroxyl groups excluding tert-OH is 1. The lowest BCUT2D eigenvalue weighted by Gasteiger charge is -2.38. The van der Waals surface area contributed by atoms with Crippen molar-refractivity contribution >= 4 is 30.3 Å². The van der Waals surface area contributed by atoms with Crippen molar-refractivity contribution in [3.63, 3.8) is 0 Å². The number of amides is 1. The van der Waals surface area contributed by atoms with Crippen molar-refractivity contribution in [1.29, 1.82) is 0 Å². The first kappa shape index (κ1) is 21.6. The first-order valence-electron chi connectivity index (χ1n) is 9.49. The van der Waals surface area contributed by atoms with Crippen molar-refractivity contribution in [1.82, 2.24) is 19.8 Å². The average Bonchev–Trinajstić information content (AvgIpc) is 3.31. The summed E-state index contributed by atoms with van der Waals surface area (Å²) in [7, 11) is 4.11. The molecule has 0 spiro atoms. The number of nitrogens with zero attached hydrogens (tertiary/aromatic N) is 5. The van der Waals surface area contributed by atoms with Crippen LogP contribution in [-0.2, 0) is 20.7 Å². The van der Waals surface area contributed by atoms with Gasteiger partial charge in [-0.1, -0.05) is 0 Å². The number of nitrogens with one attached hydrogen (secondary N) is 1. The predicted molar refractivity (Wildman–Crippen MR) is 105 cm³/mol. The second kappa shape index (κ2) is 8.30. The van der Waals surface area contributed by atoms with Crippen molar-refractivity contribution in [2.45, 2.75) is 44.6 Å². The molecule has 1 aromatic rings. The number of carbonyl (C=O) groups is 3.